The van der Waals surface area contributed by atoms with Gasteiger partial charge in [-0.1, -0.05) is 62.8 Å². The quantitative estimate of drug-likeness (QED) is 0.331. The molecule has 0 aliphatic heterocycles. The molecule has 0 fully saturated rings. The molecule has 1 unspecified atom stereocenters. The summed E-state index contributed by atoms with van der Waals surface area (Å²) in [5.74, 6) is 1.09. The molecular formula is C19H16BrN5OS2. The minimum absolute atomic E-state index is 0.0293. The highest BCUT2D eigenvalue weighted by Gasteiger charge is 2.18. The van der Waals surface area contributed by atoms with Gasteiger partial charge >= 0.3 is 0 Å². The summed E-state index contributed by atoms with van der Waals surface area (Å²) in [5, 5.41) is 20.8. The number of aromatic nitrogens is 4. The molecule has 0 bridgehead atoms. The lowest BCUT2D eigenvalue weighted by molar-refractivity contribution is 0.509. The van der Waals surface area contributed by atoms with Crippen molar-refractivity contribution in [3.63, 3.8) is 0 Å². The van der Waals surface area contributed by atoms with E-state index in [0.29, 0.717) is 11.8 Å². The van der Waals surface area contributed by atoms with Gasteiger partial charge in [0.1, 0.15) is 0 Å². The fourth-order valence-corrected chi connectivity index (χ4v) is 4.76. The Morgan fingerprint density at radius 1 is 1.07 bits per heavy atom. The number of rotatable bonds is 6. The highest BCUT2D eigenvalue weighted by molar-refractivity contribution is 9.10. The fourth-order valence-electron chi connectivity index (χ4n) is 2.41. The Bertz CT molecular complexity index is 1080. The zero-order chi connectivity index (χ0) is 19.5. The molecule has 6 nitrogen and oxygen atoms in total. The molecule has 2 heterocycles. The standard InChI is InChI=1S/C19H16BrN5OS2/c1-11-6-8-13(9-7-11)17-23-22-16(26-17)12(2)27-19-25-24-18(28-19)21-15-5-3-4-14(20)10-15/h3-10,12H,1-2H3,(H,21,24). The van der Waals surface area contributed by atoms with Gasteiger partial charge in [-0.3, -0.25) is 0 Å². The van der Waals surface area contributed by atoms with Gasteiger partial charge in [-0.05, 0) is 44.2 Å². The predicted octanol–water partition coefficient (Wildman–Crippen LogP) is 6.26. The largest absolute Gasteiger partial charge is 0.419 e. The first-order valence-electron chi connectivity index (χ1n) is 8.50. The Morgan fingerprint density at radius 2 is 1.89 bits per heavy atom. The number of nitrogens with zero attached hydrogens (tertiary/aromatic N) is 4. The molecule has 1 atom stereocenters. The molecule has 4 rings (SSSR count). The van der Waals surface area contributed by atoms with Crippen molar-refractivity contribution in [3.8, 4) is 11.5 Å². The van der Waals surface area contributed by atoms with Gasteiger partial charge in [0, 0.05) is 15.7 Å². The van der Waals surface area contributed by atoms with Crippen LogP contribution in [0.4, 0.5) is 10.8 Å². The average Bonchev–Trinajstić information content (AvgIpc) is 3.32. The predicted molar refractivity (Wildman–Crippen MR) is 116 cm³/mol. The van der Waals surface area contributed by atoms with E-state index in [0.717, 1.165) is 25.2 Å². The highest BCUT2D eigenvalue weighted by Crippen LogP contribution is 2.38. The van der Waals surface area contributed by atoms with Crippen molar-refractivity contribution in [2.45, 2.75) is 23.4 Å². The maximum absolute atomic E-state index is 5.85. The van der Waals surface area contributed by atoms with Crippen molar-refractivity contribution in [2.24, 2.45) is 0 Å². The van der Waals surface area contributed by atoms with E-state index in [4.69, 9.17) is 4.42 Å². The Hall–Kier alpha value is -2.23. The summed E-state index contributed by atoms with van der Waals surface area (Å²) in [6.45, 7) is 4.06. The SMILES string of the molecule is Cc1ccc(-c2nnc(C(C)Sc3nnc(Nc4cccc(Br)c4)s3)o2)cc1. The average molecular weight is 474 g/mol. The topological polar surface area (TPSA) is 76.7 Å². The maximum atomic E-state index is 5.85. The van der Waals surface area contributed by atoms with Gasteiger partial charge in [-0.15, -0.1) is 20.4 Å². The van der Waals surface area contributed by atoms with Crippen molar-refractivity contribution in [2.75, 3.05) is 5.32 Å². The monoisotopic (exact) mass is 473 g/mol. The molecule has 9 heteroatoms. The molecule has 142 valence electrons. The zero-order valence-corrected chi connectivity index (χ0v) is 18.3. The second kappa shape index (κ2) is 8.42. The van der Waals surface area contributed by atoms with Crippen molar-refractivity contribution < 1.29 is 4.42 Å². The zero-order valence-electron chi connectivity index (χ0n) is 15.1. The van der Waals surface area contributed by atoms with Crippen LogP contribution in [0.1, 0.15) is 23.6 Å². The number of hydrogen-bond acceptors (Lipinski definition) is 8. The van der Waals surface area contributed by atoms with Gasteiger partial charge in [0.15, 0.2) is 4.34 Å². The van der Waals surface area contributed by atoms with E-state index in [2.05, 4.69) is 41.6 Å². The first-order valence-corrected chi connectivity index (χ1v) is 11.0. The number of halogens is 1. The first kappa shape index (κ1) is 19.1. The first-order chi connectivity index (χ1) is 13.6. The van der Waals surface area contributed by atoms with Gasteiger partial charge < -0.3 is 9.73 Å². The van der Waals surface area contributed by atoms with E-state index in [1.54, 1.807) is 11.8 Å². The van der Waals surface area contributed by atoms with Crippen molar-refractivity contribution >= 4 is 49.8 Å². The number of hydrogen-bond donors (Lipinski definition) is 1. The lowest BCUT2D eigenvalue weighted by Crippen LogP contribution is -1.88. The summed E-state index contributed by atoms with van der Waals surface area (Å²) in [6, 6.07) is 15.9. The summed E-state index contributed by atoms with van der Waals surface area (Å²) in [6.07, 6.45) is 0. The van der Waals surface area contributed by atoms with Crippen molar-refractivity contribution in [3.05, 3.63) is 64.5 Å². The van der Waals surface area contributed by atoms with Crippen molar-refractivity contribution in [1.29, 1.82) is 0 Å². The molecule has 0 aliphatic rings. The Labute approximate surface area is 178 Å². The van der Waals surface area contributed by atoms with Gasteiger partial charge in [0.25, 0.3) is 0 Å². The second-order valence-corrected chi connectivity index (χ2v) is 9.56. The third kappa shape index (κ3) is 4.60. The van der Waals surface area contributed by atoms with Gasteiger partial charge in [0.2, 0.25) is 16.9 Å². The van der Waals surface area contributed by atoms with Crippen LogP contribution in [-0.4, -0.2) is 20.4 Å². The maximum Gasteiger partial charge on any atom is 0.247 e. The van der Waals surface area contributed by atoms with E-state index in [-0.39, 0.29) is 5.25 Å². The molecule has 0 saturated heterocycles. The number of benzene rings is 2. The lowest BCUT2D eigenvalue weighted by atomic mass is 10.1. The van der Waals surface area contributed by atoms with Gasteiger partial charge in [-0.2, -0.15) is 0 Å². The van der Waals surface area contributed by atoms with Crippen molar-refractivity contribution in [1.82, 2.24) is 20.4 Å². The second-order valence-electron chi connectivity index (χ2n) is 6.08. The highest BCUT2D eigenvalue weighted by atomic mass is 79.9. The summed E-state index contributed by atoms with van der Waals surface area (Å²) in [5.41, 5.74) is 3.06. The van der Waals surface area contributed by atoms with Crippen LogP contribution in [0.3, 0.4) is 0 Å². The van der Waals surface area contributed by atoms with Crippen LogP contribution >= 0.6 is 39.0 Å². The van der Waals surface area contributed by atoms with E-state index < -0.39 is 0 Å². The molecule has 28 heavy (non-hydrogen) atoms. The van der Waals surface area contributed by atoms with Crippen LogP contribution in [0.2, 0.25) is 0 Å². The molecule has 1 N–H and O–H groups in total. The third-order valence-electron chi connectivity index (χ3n) is 3.85. The summed E-state index contributed by atoms with van der Waals surface area (Å²) in [7, 11) is 0. The minimum Gasteiger partial charge on any atom is -0.419 e. The van der Waals surface area contributed by atoms with Gasteiger partial charge in [0.05, 0.1) is 5.25 Å². The minimum atomic E-state index is -0.0293. The van der Waals surface area contributed by atoms with E-state index in [9.17, 15) is 0 Å². The molecule has 2 aromatic carbocycles. The number of nitrogens with one attached hydrogen (secondary N) is 1. The van der Waals surface area contributed by atoms with E-state index >= 15 is 0 Å². The summed E-state index contributed by atoms with van der Waals surface area (Å²) >= 11 is 6.49. The van der Waals surface area contributed by atoms with E-state index in [1.165, 1.54) is 16.9 Å². The smallest absolute Gasteiger partial charge is 0.247 e. The fraction of sp³-hybridized carbons (Fsp3) is 0.158. The van der Waals surface area contributed by atoms with Crippen LogP contribution in [0, 0.1) is 6.92 Å². The molecule has 0 saturated carbocycles. The van der Waals surface area contributed by atoms with Crippen LogP contribution in [0.25, 0.3) is 11.5 Å². The molecule has 0 spiro atoms. The third-order valence-corrected chi connectivity index (χ3v) is 6.35. The molecular weight excluding hydrogens is 458 g/mol. The number of aryl methyl sites for hydroxylation is 1. The lowest BCUT2D eigenvalue weighted by Gasteiger charge is -2.03. The van der Waals surface area contributed by atoms with Crippen LogP contribution in [-0.2, 0) is 0 Å². The molecule has 2 aromatic heterocycles. The Morgan fingerprint density at radius 3 is 2.68 bits per heavy atom. The van der Waals surface area contributed by atoms with E-state index in [1.807, 2.05) is 62.4 Å². The Balaban J connectivity index is 1.42. The summed E-state index contributed by atoms with van der Waals surface area (Å²) in [4.78, 5) is 0. The Kier molecular flexibility index (Phi) is 5.74. The molecule has 0 aliphatic carbocycles. The van der Waals surface area contributed by atoms with Crippen LogP contribution in [0.15, 0.2) is 61.8 Å². The normalized spacial score (nSPS) is 12.1. The summed E-state index contributed by atoms with van der Waals surface area (Å²) < 4.78 is 7.69. The van der Waals surface area contributed by atoms with Crippen LogP contribution < -0.4 is 5.32 Å². The van der Waals surface area contributed by atoms with Gasteiger partial charge in [-0.25, -0.2) is 0 Å². The molecule has 0 amide bonds. The molecule has 4 aromatic rings. The van der Waals surface area contributed by atoms with Crippen LogP contribution in [0.5, 0.6) is 0 Å². The number of thioether (sulfide) groups is 1. The molecule has 0 radical (unpaired) electrons. The number of anilines is 2.